The van der Waals surface area contributed by atoms with Crippen LogP contribution in [0.5, 0.6) is 11.5 Å². The second-order valence-electron chi connectivity index (χ2n) is 4.65. The van der Waals surface area contributed by atoms with E-state index in [4.69, 9.17) is 9.47 Å². The molecule has 1 aliphatic heterocycles. The lowest BCUT2D eigenvalue weighted by molar-refractivity contribution is 0.297. The fraction of sp³-hybridized carbons (Fsp3) is 0.308. The van der Waals surface area contributed by atoms with Gasteiger partial charge in [-0.25, -0.2) is 4.98 Å². The van der Waals surface area contributed by atoms with Gasteiger partial charge in [0.05, 0.1) is 25.1 Å². The van der Waals surface area contributed by atoms with Gasteiger partial charge in [0.1, 0.15) is 5.82 Å². The van der Waals surface area contributed by atoms with Gasteiger partial charge in [-0.05, 0) is 19.1 Å². The molecule has 1 aromatic heterocycles. The third-order valence-electron chi connectivity index (χ3n) is 2.97. The highest BCUT2D eigenvalue weighted by Gasteiger charge is 2.18. The molecule has 0 fully saturated rings. The van der Waals surface area contributed by atoms with Crippen LogP contribution in [-0.4, -0.2) is 31.6 Å². The van der Waals surface area contributed by atoms with Crippen molar-refractivity contribution in [2.24, 2.45) is 0 Å². The number of H-pyrrole nitrogens is 1. The lowest BCUT2D eigenvalue weighted by atomic mass is 10.3. The number of sulfonamides is 1. The van der Waals surface area contributed by atoms with E-state index in [0.29, 0.717) is 36.2 Å². The maximum atomic E-state index is 12.2. The van der Waals surface area contributed by atoms with Crippen LogP contribution in [0.3, 0.4) is 0 Å². The number of aromatic amines is 1. The number of nitrogens with one attached hydrogen (secondary N) is 2. The number of nitrogens with zero attached hydrogens (tertiary/aromatic N) is 1. The predicted molar refractivity (Wildman–Crippen MR) is 76.2 cm³/mol. The van der Waals surface area contributed by atoms with Gasteiger partial charge in [0, 0.05) is 12.5 Å². The maximum absolute atomic E-state index is 12.2. The van der Waals surface area contributed by atoms with Gasteiger partial charge in [-0.2, -0.15) is 8.42 Å². The molecule has 3 rings (SSSR count). The van der Waals surface area contributed by atoms with E-state index in [9.17, 15) is 8.42 Å². The standard InChI is InChI=1S/C13H15N3O4S/c1-9-14-8-13(15-9)21(17,18)16-10-3-4-11-12(7-10)20-6-2-5-19-11/h3-4,7-8,16H,2,5-6H2,1H3,(H,14,15). The third-order valence-corrected chi connectivity index (χ3v) is 4.26. The second-order valence-corrected chi connectivity index (χ2v) is 6.30. The molecule has 2 aromatic rings. The summed E-state index contributed by atoms with van der Waals surface area (Å²) in [6, 6.07) is 4.94. The quantitative estimate of drug-likeness (QED) is 0.899. The molecule has 0 atom stereocenters. The summed E-state index contributed by atoms with van der Waals surface area (Å²) < 4.78 is 37.9. The van der Waals surface area contributed by atoms with Gasteiger partial charge in [-0.15, -0.1) is 0 Å². The molecule has 7 nitrogen and oxygen atoms in total. The van der Waals surface area contributed by atoms with Crippen LogP contribution in [0.1, 0.15) is 12.2 Å². The first-order chi connectivity index (χ1) is 10.0. The summed E-state index contributed by atoms with van der Waals surface area (Å²) in [7, 11) is -3.69. The minimum Gasteiger partial charge on any atom is -0.490 e. The molecule has 0 bridgehead atoms. The zero-order valence-corrected chi connectivity index (χ0v) is 12.2. The molecular weight excluding hydrogens is 294 g/mol. The first-order valence-corrected chi connectivity index (χ1v) is 7.97. The van der Waals surface area contributed by atoms with Crippen molar-refractivity contribution in [3.05, 3.63) is 30.2 Å². The number of fused-ring (bicyclic) bond motifs is 1. The van der Waals surface area contributed by atoms with Gasteiger partial charge < -0.3 is 14.5 Å². The Kier molecular flexibility index (Phi) is 3.46. The molecule has 8 heteroatoms. The SMILES string of the molecule is Cc1ncc(S(=O)(=O)Nc2ccc3c(c2)OCCCO3)[nH]1. The van der Waals surface area contributed by atoms with E-state index in [1.807, 2.05) is 0 Å². The number of aryl methyl sites for hydroxylation is 1. The van der Waals surface area contributed by atoms with Crippen molar-refractivity contribution in [1.29, 1.82) is 0 Å². The number of imidazole rings is 1. The number of aromatic nitrogens is 2. The van der Waals surface area contributed by atoms with Crippen LogP contribution >= 0.6 is 0 Å². The van der Waals surface area contributed by atoms with E-state index in [1.165, 1.54) is 6.20 Å². The van der Waals surface area contributed by atoms with Crippen LogP contribution in [0.15, 0.2) is 29.4 Å². The first kappa shape index (κ1) is 13.7. The minimum atomic E-state index is -3.69. The first-order valence-electron chi connectivity index (χ1n) is 6.49. The third kappa shape index (κ3) is 2.94. The fourth-order valence-electron chi connectivity index (χ4n) is 1.97. The van der Waals surface area contributed by atoms with Gasteiger partial charge in [0.2, 0.25) is 0 Å². The summed E-state index contributed by atoms with van der Waals surface area (Å²) in [5.74, 6) is 1.69. The summed E-state index contributed by atoms with van der Waals surface area (Å²) in [6.07, 6.45) is 2.07. The smallest absolute Gasteiger partial charge is 0.278 e. The number of rotatable bonds is 3. The van der Waals surface area contributed by atoms with Crippen molar-refractivity contribution in [3.8, 4) is 11.5 Å². The van der Waals surface area contributed by atoms with Crippen LogP contribution in [0.4, 0.5) is 5.69 Å². The van der Waals surface area contributed by atoms with E-state index in [2.05, 4.69) is 14.7 Å². The maximum Gasteiger partial charge on any atom is 0.278 e. The highest BCUT2D eigenvalue weighted by Crippen LogP contribution is 2.32. The summed E-state index contributed by atoms with van der Waals surface area (Å²) in [4.78, 5) is 6.58. The van der Waals surface area contributed by atoms with Crippen LogP contribution in [-0.2, 0) is 10.0 Å². The summed E-state index contributed by atoms with van der Waals surface area (Å²) in [6.45, 7) is 2.82. The normalized spacial score (nSPS) is 14.5. The molecule has 2 N–H and O–H groups in total. The average molecular weight is 309 g/mol. The topological polar surface area (TPSA) is 93.3 Å². The number of anilines is 1. The predicted octanol–water partition coefficient (Wildman–Crippen LogP) is 1.68. The van der Waals surface area contributed by atoms with Crippen molar-refractivity contribution < 1.29 is 17.9 Å². The summed E-state index contributed by atoms with van der Waals surface area (Å²) in [5, 5.41) is 0.0205. The molecule has 112 valence electrons. The summed E-state index contributed by atoms with van der Waals surface area (Å²) >= 11 is 0. The zero-order chi connectivity index (χ0) is 14.9. The Bertz CT molecular complexity index is 755. The largest absolute Gasteiger partial charge is 0.490 e. The molecule has 0 amide bonds. The molecule has 1 aliphatic rings. The fourth-order valence-corrected chi connectivity index (χ4v) is 2.99. The molecule has 0 aliphatic carbocycles. The number of hydrogen-bond donors (Lipinski definition) is 2. The lowest BCUT2D eigenvalue weighted by Gasteiger charge is -2.10. The Balaban J connectivity index is 1.86. The Labute approximate surface area is 122 Å². The number of hydrogen-bond acceptors (Lipinski definition) is 5. The molecule has 0 radical (unpaired) electrons. The molecule has 0 saturated heterocycles. The zero-order valence-electron chi connectivity index (χ0n) is 11.4. The Morgan fingerprint density at radius 1 is 1.24 bits per heavy atom. The molecule has 0 unspecified atom stereocenters. The lowest BCUT2D eigenvalue weighted by Crippen LogP contribution is -2.13. The van der Waals surface area contributed by atoms with Crippen molar-refractivity contribution in [2.45, 2.75) is 18.4 Å². The van der Waals surface area contributed by atoms with Gasteiger partial charge in [0.15, 0.2) is 16.5 Å². The highest BCUT2D eigenvalue weighted by molar-refractivity contribution is 7.92. The van der Waals surface area contributed by atoms with Gasteiger partial charge in [0.25, 0.3) is 10.0 Å². The van der Waals surface area contributed by atoms with E-state index in [0.717, 1.165) is 6.42 Å². The minimum absolute atomic E-state index is 0.0205. The van der Waals surface area contributed by atoms with Gasteiger partial charge in [-0.3, -0.25) is 4.72 Å². The molecule has 0 spiro atoms. The van der Waals surface area contributed by atoms with E-state index in [1.54, 1.807) is 25.1 Å². The molecule has 2 heterocycles. The highest BCUT2D eigenvalue weighted by atomic mass is 32.2. The van der Waals surface area contributed by atoms with E-state index >= 15 is 0 Å². The van der Waals surface area contributed by atoms with Crippen molar-refractivity contribution in [3.63, 3.8) is 0 Å². The monoisotopic (exact) mass is 309 g/mol. The van der Waals surface area contributed by atoms with Crippen LogP contribution in [0, 0.1) is 6.92 Å². The Hall–Kier alpha value is -2.22. The average Bonchev–Trinajstić information content (AvgIpc) is 2.75. The van der Waals surface area contributed by atoms with Crippen molar-refractivity contribution in [2.75, 3.05) is 17.9 Å². The Morgan fingerprint density at radius 2 is 2.00 bits per heavy atom. The van der Waals surface area contributed by atoms with Crippen LogP contribution < -0.4 is 14.2 Å². The summed E-state index contributed by atoms with van der Waals surface area (Å²) in [5.41, 5.74) is 0.409. The number of ether oxygens (including phenoxy) is 2. The van der Waals surface area contributed by atoms with Crippen LogP contribution in [0.25, 0.3) is 0 Å². The van der Waals surface area contributed by atoms with Crippen molar-refractivity contribution in [1.82, 2.24) is 9.97 Å². The molecular formula is C13H15N3O4S. The number of benzene rings is 1. The molecule has 0 saturated carbocycles. The van der Waals surface area contributed by atoms with E-state index in [-0.39, 0.29) is 5.03 Å². The second kappa shape index (κ2) is 5.28. The van der Waals surface area contributed by atoms with Gasteiger partial charge in [-0.1, -0.05) is 0 Å². The molecule has 21 heavy (non-hydrogen) atoms. The van der Waals surface area contributed by atoms with Crippen LogP contribution in [0.2, 0.25) is 0 Å². The molecule has 1 aromatic carbocycles. The van der Waals surface area contributed by atoms with Crippen molar-refractivity contribution >= 4 is 15.7 Å². The van der Waals surface area contributed by atoms with E-state index < -0.39 is 10.0 Å². The Morgan fingerprint density at radius 3 is 2.71 bits per heavy atom. The van der Waals surface area contributed by atoms with Gasteiger partial charge >= 0.3 is 0 Å².